The molecule has 34 heavy (non-hydrogen) atoms. The molecule has 3 aromatic carbocycles. The van der Waals surface area contributed by atoms with E-state index in [0.717, 1.165) is 20.3 Å². The van der Waals surface area contributed by atoms with Gasteiger partial charge in [-0.25, -0.2) is 0 Å². The van der Waals surface area contributed by atoms with Crippen LogP contribution in [0.2, 0.25) is 5.02 Å². The largest absolute Gasteiger partial charge is 0.490 e. The minimum atomic E-state index is -0.498. The zero-order valence-corrected chi connectivity index (χ0v) is 22.0. The van der Waals surface area contributed by atoms with Gasteiger partial charge in [-0.1, -0.05) is 41.4 Å². The lowest BCUT2D eigenvalue weighted by Crippen LogP contribution is -2.14. The first-order valence-corrected chi connectivity index (χ1v) is 12.1. The molecule has 0 aromatic heterocycles. The van der Waals surface area contributed by atoms with Gasteiger partial charge < -0.3 is 14.8 Å². The number of rotatable bonds is 8. The number of halogens is 2. The number of carbonyl (C=O) groups excluding carboxylic acids is 1. The number of hydrogen-bond acceptors (Lipinski definition) is 4. The maximum absolute atomic E-state index is 12.7. The molecule has 0 aliphatic carbocycles. The molecule has 0 heterocycles. The number of nitrogens with one attached hydrogen (secondary N) is 1. The van der Waals surface area contributed by atoms with Gasteiger partial charge in [0.25, 0.3) is 5.91 Å². The Morgan fingerprint density at radius 2 is 1.85 bits per heavy atom. The predicted octanol–water partition coefficient (Wildman–Crippen LogP) is 7.08. The third kappa shape index (κ3) is 6.75. The second kappa shape index (κ2) is 11.9. The molecule has 7 heteroatoms. The van der Waals surface area contributed by atoms with Gasteiger partial charge >= 0.3 is 0 Å². The number of nitriles is 1. The van der Waals surface area contributed by atoms with Crippen LogP contribution in [-0.2, 0) is 11.4 Å². The van der Waals surface area contributed by atoms with Crippen LogP contribution in [0.4, 0.5) is 5.69 Å². The van der Waals surface area contributed by atoms with Gasteiger partial charge in [0.2, 0.25) is 0 Å². The summed E-state index contributed by atoms with van der Waals surface area (Å²) >= 11 is 8.76. The molecular formula is C27H24ClIN2O3. The van der Waals surface area contributed by atoms with Crippen LogP contribution in [0.3, 0.4) is 0 Å². The third-order valence-corrected chi connectivity index (χ3v) is 5.93. The fourth-order valence-corrected chi connectivity index (χ4v) is 3.90. The number of aryl methyl sites for hydroxylation is 2. The predicted molar refractivity (Wildman–Crippen MR) is 144 cm³/mol. The number of carbonyl (C=O) groups is 1. The van der Waals surface area contributed by atoms with Gasteiger partial charge in [-0.2, -0.15) is 5.26 Å². The van der Waals surface area contributed by atoms with Crippen LogP contribution in [0.5, 0.6) is 11.5 Å². The van der Waals surface area contributed by atoms with Crippen LogP contribution in [0.15, 0.2) is 60.2 Å². The minimum absolute atomic E-state index is 0.0500. The Kier molecular flexibility index (Phi) is 8.97. The van der Waals surface area contributed by atoms with E-state index in [-0.39, 0.29) is 5.57 Å². The molecular weight excluding hydrogens is 563 g/mol. The lowest BCUT2D eigenvalue weighted by atomic mass is 10.1. The Bertz CT molecular complexity index is 1260. The van der Waals surface area contributed by atoms with Crippen LogP contribution in [0.1, 0.15) is 29.2 Å². The van der Waals surface area contributed by atoms with Gasteiger partial charge in [0.15, 0.2) is 11.5 Å². The van der Waals surface area contributed by atoms with Crippen molar-refractivity contribution < 1.29 is 14.3 Å². The van der Waals surface area contributed by atoms with Crippen molar-refractivity contribution in [3.8, 4) is 17.6 Å². The molecule has 0 bridgehead atoms. The average molecular weight is 587 g/mol. The summed E-state index contributed by atoms with van der Waals surface area (Å²) in [5, 5.41) is 12.7. The first-order valence-electron chi connectivity index (χ1n) is 10.6. The topological polar surface area (TPSA) is 71.3 Å². The van der Waals surface area contributed by atoms with Crippen LogP contribution in [0, 0.1) is 28.7 Å². The molecule has 5 nitrogen and oxygen atoms in total. The van der Waals surface area contributed by atoms with E-state index in [1.165, 1.54) is 6.08 Å². The van der Waals surface area contributed by atoms with Gasteiger partial charge in [-0.05, 0) is 96.5 Å². The van der Waals surface area contributed by atoms with E-state index in [0.29, 0.717) is 41.0 Å². The summed E-state index contributed by atoms with van der Waals surface area (Å²) in [6.45, 7) is 6.47. The number of anilines is 1. The van der Waals surface area contributed by atoms with Crippen molar-refractivity contribution in [1.82, 2.24) is 0 Å². The summed E-state index contributed by atoms with van der Waals surface area (Å²) in [6.07, 6.45) is 1.48. The van der Waals surface area contributed by atoms with Crippen molar-refractivity contribution in [2.45, 2.75) is 27.4 Å². The molecule has 0 saturated heterocycles. The molecule has 0 spiro atoms. The fourth-order valence-electron chi connectivity index (χ4n) is 3.27. The second-order valence-corrected chi connectivity index (χ2v) is 9.27. The molecule has 1 N–H and O–H groups in total. The van der Waals surface area contributed by atoms with E-state index in [9.17, 15) is 10.1 Å². The highest BCUT2D eigenvalue weighted by Gasteiger charge is 2.15. The Morgan fingerprint density at radius 1 is 1.12 bits per heavy atom. The zero-order chi connectivity index (χ0) is 24.7. The van der Waals surface area contributed by atoms with E-state index in [1.54, 1.807) is 12.1 Å². The van der Waals surface area contributed by atoms with Crippen molar-refractivity contribution in [1.29, 1.82) is 5.26 Å². The van der Waals surface area contributed by atoms with Crippen LogP contribution < -0.4 is 14.8 Å². The van der Waals surface area contributed by atoms with E-state index in [1.807, 2.05) is 69.3 Å². The molecule has 3 rings (SSSR count). The third-order valence-electron chi connectivity index (χ3n) is 4.93. The van der Waals surface area contributed by atoms with Crippen molar-refractivity contribution in [3.63, 3.8) is 0 Å². The first kappa shape index (κ1) is 25.6. The Hall–Kier alpha value is -3.02. The van der Waals surface area contributed by atoms with Gasteiger partial charge in [0.1, 0.15) is 18.2 Å². The van der Waals surface area contributed by atoms with E-state index in [2.05, 4.69) is 27.9 Å². The van der Waals surface area contributed by atoms with Gasteiger partial charge in [0.05, 0.1) is 11.6 Å². The monoisotopic (exact) mass is 586 g/mol. The maximum atomic E-state index is 12.7. The first-order chi connectivity index (χ1) is 16.3. The quantitative estimate of drug-likeness (QED) is 0.174. The van der Waals surface area contributed by atoms with Gasteiger partial charge in [0, 0.05) is 9.26 Å². The molecule has 3 aromatic rings. The van der Waals surface area contributed by atoms with Crippen LogP contribution >= 0.6 is 34.2 Å². The summed E-state index contributed by atoms with van der Waals surface area (Å²) in [7, 11) is 0. The molecule has 0 radical (unpaired) electrons. The minimum Gasteiger partial charge on any atom is -0.490 e. The lowest BCUT2D eigenvalue weighted by molar-refractivity contribution is -0.112. The Balaban J connectivity index is 1.85. The van der Waals surface area contributed by atoms with E-state index in [4.69, 9.17) is 21.1 Å². The fraction of sp³-hybridized carbons (Fsp3) is 0.185. The summed E-state index contributed by atoms with van der Waals surface area (Å²) in [5.41, 5.74) is 4.17. The maximum Gasteiger partial charge on any atom is 0.266 e. The molecule has 174 valence electrons. The van der Waals surface area contributed by atoms with Crippen LogP contribution in [-0.4, -0.2) is 12.5 Å². The summed E-state index contributed by atoms with van der Waals surface area (Å²) in [6, 6.07) is 19.0. The molecule has 0 atom stereocenters. The van der Waals surface area contributed by atoms with Crippen molar-refractivity contribution in [2.24, 2.45) is 0 Å². The number of ether oxygens (including phenoxy) is 2. The van der Waals surface area contributed by atoms with Crippen LogP contribution in [0.25, 0.3) is 6.08 Å². The van der Waals surface area contributed by atoms with E-state index >= 15 is 0 Å². The zero-order valence-electron chi connectivity index (χ0n) is 19.1. The normalized spacial score (nSPS) is 11.0. The molecule has 0 fully saturated rings. The SMILES string of the molecule is CCOc1cc(/C=C(\C#N)C(=O)Nc2ccc(C)cc2C)cc(Cl)c1OCc1ccc(I)cc1. The van der Waals surface area contributed by atoms with Gasteiger partial charge in [-0.3, -0.25) is 4.79 Å². The molecule has 0 saturated carbocycles. The molecule has 0 aliphatic heterocycles. The lowest BCUT2D eigenvalue weighted by Gasteiger charge is -2.15. The van der Waals surface area contributed by atoms with Gasteiger partial charge in [-0.15, -0.1) is 0 Å². The van der Waals surface area contributed by atoms with Crippen molar-refractivity contribution in [2.75, 3.05) is 11.9 Å². The summed E-state index contributed by atoms with van der Waals surface area (Å²) in [4.78, 5) is 12.7. The summed E-state index contributed by atoms with van der Waals surface area (Å²) in [5.74, 6) is 0.360. The van der Waals surface area contributed by atoms with Crippen molar-refractivity contribution >= 4 is 51.9 Å². The number of amides is 1. The highest BCUT2D eigenvalue weighted by molar-refractivity contribution is 14.1. The molecule has 0 unspecified atom stereocenters. The number of benzene rings is 3. The number of hydrogen-bond donors (Lipinski definition) is 1. The highest BCUT2D eigenvalue weighted by Crippen LogP contribution is 2.38. The number of nitrogens with zero attached hydrogens (tertiary/aromatic N) is 1. The second-order valence-electron chi connectivity index (χ2n) is 7.62. The Morgan fingerprint density at radius 3 is 2.50 bits per heavy atom. The highest BCUT2D eigenvalue weighted by atomic mass is 127. The Labute approximate surface area is 218 Å². The molecule has 1 amide bonds. The standard InChI is InChI=1S/C27H24ClIN2O3/c1-4-33-25-14-20(13-23(28)26(25)34-16-19-6-8-22(29)9-7-19)12-21(15-30)27(32)31-24-10-5-17(2)11-18(24)3/h5-14H,4,16H2,1-3H3,(H,31,32)/b21-12+. The van der Waals surface area contributed by atoms with Crippen molar-refractivity contribution in [3.05, 3.63) is 91.0 Å². The van der Waals surface area contributed by atoms with E-state index < -0.39 is 5.91 Å². The average Bonchev–Trinajstić information content (AvgIpc) is 2.80. The summed E-state index contributed by atoms with van der Waals surface area (Å²) < 4.78 is 12.8. The molecule has 0 aliphatic rings. The smallest absolute Gasteiger partial charge is 0.266 e.